The van der Waals surface area contributed by atoms with Crippen LogP contribution in [0.3, 0.4) is 0 Å². The minimum Gasteiger partial charge on any atom is -0.493 e. The minimum absolute atomic E-state index is 0.119. The van der Waals surface area contributed by atoms with Gasteiger partial charge in [0.15, 0.2) is 0 Å². The molecule has 0 aliphatic carbocycles. The van der Waals surface area contributed by atoms with E-state index in [0.717, 1.165) is 51.7 Å². The molecule has 0 fully saturated rings. The zero-order valence-corrected chi connectivity index (χ0v) is 19.6. The fourth-order valence-corrected chi connectivity index (χ4v) is 3.37. The zero-order valence-electron chi connectivity index (χ0n) is 19.6. The lowest BCUT2D eigenvalue weighted by atomic mass is 9.87. The molecule has 0 aliphatic rings. The van der Waals surface area contributed by atoms with Crippen LogP contribution in [0.15, 0.2) is 60.7 Å². The summed E-state index contributed by atoms with van der Waals surface area (Å²) in [5.41, 5.74) is 4.18. The topological polar surface area (TPSA) is 36.9 Å². The normalized spacial score (nSPS) is 10.6. The Kier molecular flexibility index (Phi) is 9.51. The Morgan fingerprint density at radius 1 is 0.710 bits per heavy atom. The largest absolute Gasteiger partial charge is 0.493 e. The van der Waals surface area contributed by atoms with Crippen molar-refractivity contribution in [2.24, 2.45) is 0 Å². The van der Waals surface area contributed by atoms with E-state index in [1.165, 1.54) is 0 Å². The molecule has 4 heteroatoms. The van der Waals surface area contributed by atoms with Crippen molar-refractivity contribution < 1.29 is 18.9 Å². The Labute approximate surface area is 187 Å². The molecule has 0 radical (unpaired) electrons. The number of hydrogen-bond donors (Lipinski definition) is 0. The van der Waals surface area contributed by atoms with E-state index >= 15 is 0 Å². The molecule has 0 saturated carbocycles. The van der Waals surface area contributed by atoms with Crippen LogP contribution in [0, 0.1) is 0 Å². The van der Waals surface area contributed by atoms with E-state index in [1.807, 2.05) is 52.0 Å². The molecule has 0 N–H and O–H groups in total. The van der Waals surface area contributed by atoms with Gasteiger partial charge in [-0.3, -0.25) is 0 Å². The average Bonchev–Trinajstić information content (AvgIpc) is 2.74. The van der Waals surface area contributed by atoms with Crippen LogP contribution < -0.4 is 18.9 Å². The first kappa shape index (κ1) is 24.4. The third-order valence-corrected chi connectivity index (χ3v) is 4.70. The molecule has 0 spiro atoms. The van der Waals surface area contributed by atoms with E-state index in [4.69, 9.17) is 18.9 Å². The Hall–Kier alpha value is -2.88. The van der Waals surface area contributed by atoms with Gasteiger partial charge in [-0.25, -0.2) is 0 Å². The summed E-state index contributed by atoms with van der Waals surface area (Å²) in [6, 6.07) is 12.1. The SMILES string of the molecule is C=C(C)COc1ccc(C(CC)c2ccc(OCC(=C)C)cc2OCC)c(OCC)c1. The number of hydrogen-bond acceptors (Lipinski definition) is 4. The monoisotopic (exact) mass is 424 g/mol. The van der Waals surface area contributed by atoms with E-state index in [2.05, 4.69) is 32.2 Å². The summed E-state index contributed by atoms with van der Waals surface area (Å²) >= 11 is 0. The fraction of sp³-hybridized carbons (Fsp3) is 0.407. The van der Waals surface area contributed by atoms with Gasteiger partial charge in [0.05, 0.1) is 13.2 Å². The van der Waals surface area contributed by atoms with Gasteiger partial charge in [0.2, 0.25) is 0 Å². The summed E-state index contributed by atoms with van der Waals surface area (Å²) in [7, 11) is 0. The smallest absolute Gasteiger partial charge is 0.126 e. The van der Waals surface area contributed by atoms with Crippen molar-refractivity contribution in [1.29, 1.82) is 0 Å². The Bertz CT molecular complexity index is 813. The molecule has 0 aliphatic heterocycles. The highest BCUT2D eigenvalue weighted by Gasteiger charge is 2.22. The van der Waals surface area contributed by atoms with Gasteiger partial charge < -0.3 is 18.9 Å². The van der Waals surface area contributed by atoms with Crippen molar-refractivity contribution in [3.05, 3.63) is 71.8 Å². The Morgan fingerprint density at radius 2 is 1.13 bits per heavy atom. The first-order valence-corrected chi connectivity index (χ1v) is 11.0. The summed E-state index contributed by atoms with van der Waals surface area (Å²) in [5, 5.41) is 0. The second-order valence-electron chi connectivity index (χ2n) is 7.72. The zero-order chi connectivity index (χ0) is 22.8. The highest BCUT2D eigenvalue weighted by Crippen LogP contribution is 2.41. The standard InChI is InChI=1S/C27H36O4/c1-8-23(24-13-11-21(30-17-19(4)5)15-26(24)28-9-2)25-14-12-22(31-18-20(6)7)16-27(25)29-10-3/h11-16,23H,4,6,8-10,17-18H2,1-3,5,7H3. The summed E-state index contributed by atoms with van der Waals surface area (Å²) < 4.78 is 23.6. The molecule has 0 saturated heterocycles. The Balaban J connectivity index is 2.43. The van der Waals surface area contributed by atoms with Gasteiger partial charge in [0.1, 0.15) is 36.2 Å². The van der Waals surface area contributed by atoms with Crippen molar-refractivity contribution in [2.45, 2.75) is 47.0 Å². The van der Waals surface area contributed by atoms with E-state index < -0.39 is 0 Å². The summed E-state index contributed by atoms with van der Waals surface area (Å²) in [6.45, 7) is 20.0. The van der Waals surface area contributed by atoms with Gasteiger partial charge >= 0.3 is 0 Å². The second kappa shape index (κ2) is 12.1. The summed E-state index contributed by atoms with van der Waals surface area (Å²) in [6.07, 6.45) is 0.901. The molecule has 168 valence electrons. The molecule has 4 nitrogen and oxygen atoms in total. The van der Waals surface area contributed by atoms with Crippen molar-refractivity contribution in [3.8, 4) is 23.0 Å². The minimum atomic E-state index is 0.119. The maximum Gasteiger partial charge on any atom is 0.126 e. The van der Waals surface area contributed by atoms with Crippen LogP contribution in [-0.2, 0) is 0 Å². The first-order chi connectivity index (χ1) is 14.9. The Morgan fingerprint density at radius 3 is 1.45 bits per heavy atom. The van der Waals surface area contributed by atoms with Crippen LogP contribution in [0.1, 0.15) is 58.1 Å². The number of ether oxygens (including phenoxy) is 4. The van der Waals surface area contributed by atoms with Gasteiger partial charge in [0, 0.05) is 29.2 Å². The van der Waals surface area contributed by atoms with Crippen LogP contribution in [0.4, 0.5) is 0 Å². The molecule has 0 bridgehead atoms. The lowest BCUT2D eigenvalue weighted by Gasteiger charge is -2.23. The predicted molar refractivity (Wildman–Crippen MR) is 128 cm³/mol. The maximum atomic E-state index is 6.00. The lowest BCUT2D eigenvalue weighted by Crippen LogP contribution is -2.08. The van der Waals surface area contributed by atoms with Crippen LogP contribution in [0.25, 0.3) is 0 Å². The second-order valence-corrected chi connectivity index (χ2v) is 7.72. The number of rotatable bonds is 13. The molecule has 0 atom stereocenters. The average molecular weight is 425 g/mol. The van der Waals surface area contributed by atoms with Gasteiger partial charge in [-0.15, -0.1) is 0 Å². The van der Waals surface area contributed by atoms with Gasteiger partial charge in [-0.05, 0) is 57.4 Å². The van der Waals surface area contributed by atoms with Crippen LogP contribution in [-0.4, -0.2) is 26.4 Å². The highest BCUT2D eigenvalue weighted by atomic mass is 16.5. The van der Waals surface area contributed by atoms with Gasteiger partial charge in [-0.2, -0.15) is 0 Å². The van der Waals surface area contributed by atoms with E-state index in [1.54, 1.807) is 0 Å². The molecule has 0 amide bonds. The van der Waals surface area contributed by atoms with Crippen LogP contribution in [0.2, 0.25) is 0 Å². The third kappa shape index (κ3) is 7.09. The molecule has 2 rings (SSSR count). The van der Waals surface area contributed by atoms with Crippen molar-refractivity contribution in [3.63, 3.8) is 0 Å². The molecule has 0 unspecified atom stereocenters. The van der Waals surface area contributed by atoms with Crippen molar-refractivity contribution in [1.82, 2.24) is 0 Å². The molecule has 2 aromatic rings. The van der Waals surface area contributed by atoms with E-state index in [-0.39, 0.29) is 5.92 Å². The summed E-state index contributed by atoms with van der Waals surface area (Å²) in [4.78, 5) is 0. The molecule has 2 aromatic carbocycles. The van der Waals surface area contributed by atoms with Crippen LogP contribution in [0.5, 0.6) is 23.0 Å². The van der Waals surface area contributed by atoms with Crippen molar-refractivity contribution >= 4 is 0 Å². The van der Waals surface area contributed by atoms with Crippen molar-refractivity contribution in [2.75, 3.05) is 26.4 Å². The fourth-order valence-electron chi connectivity index (χ4n) is 3.37. The quantitative estimate of drug-likeness (QED) is 0.327. The predicted octanol–water partition coefficient (Wildman–Crippen LogP) is 6.94. The van der Waals surface area contributed by atoms with E-state index in [9.17, 15) is 0 Å². The maximum absolute atomic E-state index is 6.00. The van der Waals surface area contributed by atoms with Gasteiger partial charge in [-0.1, -0.05) is 32.2 Å². The molecule has 31 heavy (non-hydrogen) atoms. The van der Waals surface area contributed by atoms with Gasteiger partial charge in [0.25, 0.3) is 0 Å². The highest BCUT2D eigenvalue weighted by molar-refractivity contribution is 5.51. The lowest BCUT2D eigenvalue weighted by molar-refractivity contribution is 0.319. The summed E-state index contributed by atoms with van der Waals surface area (Å²) in [5.74, 6) is 3.34. The first-order valence-electron chi connectivity index (χ1n) is 11.0. The molecular weight excluding hydrogens is 388 g/mol. The van der Waals surface area contributed by atoms with E-state index in [0.29, 0.717) is 26.4 Å². The molecule has 0 aromatic heterocycles. The third-order valence-electron chi connectivity index (χ3n) is 4.70. The number of benzene rings is 2. The van der Waals surface area contributed by atoms with Crippen LogP contribution >= 0.6 is 0 Å². The molecule has 0 heterocycles. The molecular formula is C27H36O4.